The van der Waals surface area contributed by atoms with Crippen LogP contribution in [-0.4, -0.2) is 17.5 Å². The number of halogens is 5. The Morgan fingerprint density at radius 3 is 2.00 bits per heavy atom. The van der Waals surface area contributed by atoms with E-state index in [4.69, 9.17) is 5.11 Å². The van der Waals surface area contributed by atoms with Crippen LogP contribution in [0.15, 0.2) is 12.1 Å². The van der Waals surface area contributed by atoms with Gasteiger partial charge < -0.3 is 5.11 Å². The highest BCUT2D eigenvalue weighted by atomic mass is 19.3. The van der Waals surface area contributed by atoms with Crippen LogP contribution in [0.5, 0.6) is 0 Å². The molecule has 1 unspecified atom stereocenters. The maximum atomic E-state index is 12.8. The first-order valence-electron chi connectivity index (χ1n) is 4.47. The molecule has 1 atom stereocenters. The number of alkyl halides is 2. The van der Waals surface area contributed by atoms with Crippen molar-refractivity contribution in [1.29, 1.82) is 0 Å². The molecular formula is C10H7F5O2. The Bertz CT molecular complexity index is 410. The summed E-state index contributed by atoms with van der Waals surface area (Å²) in [5, 5.41) is 8.39. The monoisotopic (exact) mass is 254 g/mol. The second-order valence-electron chi connectivity index (χ2n) is 3.34. The van der Waals surface area contributed by atoms with E-state index < -0.39 is 47.7 Å². The average molecular weight is 254 g/mol. The van der Waals surface area contributed by atoms with Gasteiger partial charge in [0, 0.05) is 0 Å². The molecule has 0 saturated carbocycles. The van der Waals surface area contributed by atoms with E-state index in [1.165, 1.54) is 0 Å². The van der Waals surface area contributed by atoms with Gasteiger partial charge in [-0.25, -0.2) is 22.0 Å². The Kier molecular flexibility index (Phi) is 4.03. The molecule has 0 aliphatic heterocycles. The molecule has 0 bridgehead atoms. The topological polar surface area (TPSA) is 37.3 Å². The van der Waals surface area contributed by atoms with Gasteiger partial charge in [0.15, 0.2) is 17.5 Å². The lowest BCUT2D eigenvalue weighted by Gasteiger charge is -2.14. The van der Waals surface area contributed by atoms with Gasteiger partial charge in [-0.3, -0.25) is 4.79 Å². The number of carboxylic acids is 1. The Morgan fingerprint density at radius 1 is 1.18 bits per heavy atom. The van der Waals surface area contributed by atoms with Gasteiger partial charge in [0.2, 0.25) is 6.43 Å². The molecule has 94 valence electrons. The molecule has 0 heterocycles. The smallest absolute Gasteiger partial charge is 0.304 e. The molecule has 0 amide bonds. The van der Waals surface area contributed by atoms with Crippen molar-refractivity contribution in [3.8, 4) is 0 Å². The Hall–Kier alpha value is -1.66. The van der Waals surface area contributed by atoms with Crippen molar-refractivity contribution in [2.24, 2.45) is 0 Å². The standard InChI is InChI=1S/C10H7F5O2/c11-6-1-4(2-7(12)9(6)13)5(10(14)15)3-8(16)17/h1-2,5,10H,3H2,(H,16,17). The number of hydrogen-bond acceptors (Lipinski definition) is 1. The van der Waals surface area contributed by atoms with E-state index in [0.29, 0.717) is 12.1 Å². The summed E-state index contributed by atoms with van der Waals surface area (Å²) in [5.74, 6) is -8.46. The molecule has 0 fully saturated rings. The first-order chi connectivity index (χ1) is 7.82. The number of rotatable bonds is 4. The lowest BCUT2D eigenvalue weighted by molar-refractivity contribution is -0.138. The predicted octanol–water partition coefficient (Wildman–Crippen LogP) is 2.93. The van der Waals surface area contributed by atoms with Gasteiger partial charge in [-0.05, 0) is 17.7 Å². The van der Waals surface area contributed by atoms with E-state index >= 15 is 0 Å². The van der Waals surface area contributed by atoms with Crippen molar-refractivity contribution in [3.63, 3.8) is 0 Å². The second kappa shape index (κ2) is 5.11. The summed E-state index contributed by atoms with van der Waals surface area (Å²) in [7, 11) is 0. The van der Waals surface area contributed by atoms with Crippen molar-refractivity contribution < 1.29 is 31.9 Å². The lowest BCUT2D eigenvalue weighted by Crippen LogP contribution is -2.15. The summed E-state index contributed by atoms with van der Waals surface area (Å²) < 4.78 is 63.2. The Labute approximate surface area is 92.7 Å². The Morgan fingerprint density at radius 2 is 1.65 bits per heavy atom. The molecule has 17 heavy (non-hydrogen) atoms. The fourth-order valence-corrected chi connectivity index (χ4v) is 1.33. The highest BCUT2D eigenvalue weighted by Gasteiger charge is 2.27. The fourth-order valence-electron chi connectivity index (χ4n) is 1.33. The fraction of sp³-hybridized carbons (Fsp3) is 0.300. The zero-order chi connectivity index (χ0) is 13.2. The highest BCUT2D eigenvalue weighted by molar-refractivity contribution is 5.68. The number of benzene rings is 1. The van der Waals surface area contributed by atoms with Crippen molar-refractivity contribution in [2.75, 3.05) is 0 Å². The highest BCUT2D eigenvalue weighted by Crippen LogP contribution is 2.29. The van der Waals surface area contributed by atoms with Crippen LogP contribution in [-0.2, 0) is 4.79 Å². The summed E-state index contributed by atoms with van der Waals surface area (Å²) in [5.41, 5.74) is -0.584. The second-order valence-corrected chi connectivity index (χ2v) is 3.34. The Balaban J connectivity index is 3.15. The summed E-state index contributed by atoms with van der Waals surface area (Å²) >= 11 is 0. The van der Waals surface area contributed by atoms with Crippen molar-refractivity contribution in [2.45, 2.75) is 18.8 Å². The SMILES string of the molecule is O=C(O)CC(c1cc(F)c(F)c(F)c1)C(F)F. The maximum Gasteiger partial charge on any atom is 0.304 e. The third kappa shape index (κ3) is 3.15. The largest absolute Gasteiger partial charge is 0.481 e. The minimum Gasteiger partial charge on any atom is -0.481 e. The molecule has 1 N–H and O–H groups in total. The molecule has 1 aromatic rings. The van der Waals surface area contributed by atoms with E-state index in [9.17, 15) is 26.7 Å². The average Bonchev–Trinajstić information content (AvgIpc) is 2.21. The van der Waals surface area contributed by atoms with Gasteiger partial charge in [0.25, 0.3) is 0 Å². The van der Waals surface area contributed by atoms with E-state index in [0.717, 1.165) is 0 Å². The van der Waals surface area contributed by atoms with Crippen LogP contribution in [0.25, 0.3) is 0 Å². The van der Waals surface area contributed by atoms with Crippen LogP contribution in [0.4, 0.5) is 22.0 Å². The summed E-state index contributed by atoms with van der Waals surface area (Å²) in [6, 6.07) is 0.746. The van der Waals surface area contributed by atoms with E-state index in [1.54, 1.807) is 0 Å². The van der Waals surface area contributed by atoms with Crippen LogP contribution < -0.4 is 0 Å². The van der Waals surface area contributed by atoms with Gasteiger partial charge in [0.1, 0.15) is 0 Å². The third-order valence-electron chi connectivity index (χ3n) is 2.13. The van der Waals surface area contributed by atoms with E-state index in [-0.39, 0.29) is 0 Å². The van der Waals surface area contributed by atoms with E-state index in [2.05, 4.69) is 0 Å². The van der Waals surface area contributed by atoms with Crippen LogP contribution in [0.2, 0.25) is 0 Å². The minimum absolute atomic E-state index is 0.373. The van der Waals surface area contributed by atoms with Gasteiger partial charge in [-0.1, -0.05) is 0 Å². The molecule has 0 radical (unpaired) electrons. The molecule has 0 aliphatic carbocycles. The summed E-state index contributed by atoms with van der Waals surface area (Å²) in [4.78, 5) is 10.3. The lowest BCUT2D eigenvalue weighted by atomic mass is 9.96. The molecule has 1 aromatic carbocycles. The van der Waals surface area contributed by atoms with Crippen molar-refractivity contribution >= 4 is 5.97 Å². The van der Waals surface area contributed by atoms with Crippen molar-refractivity contribution in [3.05, 3.63) is 35.1 Å². The van der Waals surface area contributed by atoms with Crippen LogP contribution in [0.3, 0.4) is 0 Å². The molecule has 1 rings (SSSR count). The molecule has 0 spiro atoms. The first-order valence-corrected chi connectivity index (χ1v) is 4.47. The predicted molar refractivity (Wildman–Crippen MR) is 47.3 cm³/mol. The molecular weight excluding hydrogens is 247 g/mol. The molecule has 0 aromatic heterocycles. The minimum atomic E-state index is -3.12. The number of hydrogen-bond donors (Lipinski definition) is 1. The van der Waals surface area contributed by atoms with Gasteiger partial charge in [0.05, 0.1) is 12.3 Å². The van der Waals surface area contributed by atoms with Gasteiger partial charge in [-0.2, -0.15) is 0 Å². The molecule has 7 heteroatoms. The quantitative estimate of drug-likeness (QED) is 0.662. The van der Waals surface area contributed by atoms with Gasteiger partial charge >= 0.3 is 5.97 Å². The van der Waals surface area contributed by atoms with E-state index in [1.807, 2.05) is 0 Å². The summed E-state index contributed by atoms with van der Waals surface area (Å²) in [6.45, 7) is 0. The zero-order valence-corrected chi connectivity index (χ0v) is 8.26. The van der Waals surface area contributed by atoms with Crippen molar-refractivity contribution in [1.82, 2.24) is 0 Å². The summed E-state index contributed by atoms with van der Waals surface area (Å²) in [6.07, 6.45) is -4.11. The van der Waals surface area contributed by atoms with Gasteiger partial charge in [-0.15, -0.1) is 0 Å². The number of carbonyl (C=O) groups is 1. The normalized spacial score (nSPS) is 12.8. The molecule has 2 nitrogen and oxygen atoms in total. The maximum absolute atomic E-state index is 12.8. The number of aliphatic carboxylic acids is 1. The van der Waals surface area contributed by atoms with Crippen LogP contribution in [0, 0.1) is 17.5 Å². The van der Waals surface area contributed by atoms with Crippen LogP contribution >= 0.6 is 0 Å². The third-order valence-corrected chi connectivity index (χ3v) is 2.13. The molecule has 0 saturated heterocycles. The first kappa shape index (κ1) is 13.4. The zero-order valence-electron chi connectivity index (χ0n) is 8.26. The number of carboxylic acid groups (broad SMARTS) is 1. The molecule has 0 aliphatic rings. The van der Waals surface area contributed by atoms with Crippen LogP contribution in [0.1, 0.15) is 17.9 Å².